The molecule has 0 aliphatic rings. The van der Waals surface area contributed by atoms with Crippen LogP contribution in [0, 0.1) is 10.7 Å². The molecule has 0 saturated heterocycles. The summed E-state index contributed by atoms with van der Waals surface area (Å²) >= 11 is 6.24. The quantitative estimate of drug-likeness (QED) is 0.260. The second-order valence-electron chi connectivity index (χ2n) is 5.04. The van der Waals surface area contributed by atoms with Gasteiger partial charge in [0, 0.05) is 5.56 Å². The van der Waals surface area contributed by atoms with Crippen LogP contribution in [0.2, 0.25) is 0 Å². The van der Waals surface area contributed by atoms with E-state index in [1.165, 1.54) is 6.21 Å². The summed E-state index contributed by atoms with van der Waals surface area (Å²) in [5.41, 5.74) is 3.65. The number of methoxy groups -OCH3 is 1. The summed E-state index contributed by atoms with van der Waals surface area (Å²) in [7, 11) is 1.55. The van der Waals surface area contributed by atoms with Crippen LogP contribution >= 0.6 is 67.8 Å². The fraction of sp³-hybridized carbons (Fsp3) is 0.118. The van der Waals surface area contributed by atoms with E-state index < -0.39 is 12.6 Å². The Morgan fingerprint density at radius 1 is 1.15 bits per heavy atom. The number of nitrogens with zero attached hydrogens (tertiary/aromatic N) is 1. The van der Waals surface area contributed by atoms with Crippen LogP contribution in [0.3, 0.4) is 0 Å². The van der Waals surface area contributed by atoms with Crippen molar-refractivity contribution in [3.05, 3.63) is 52.2 Å². The van der Waals surface area contributed by atoms with Gasteiger partial charge in [0.1, 0.15) is 11.5 Å². The lowest BCUT2D eigenvalue weighted by Crippen LogP contribution is -2.17. The van der Waals surface area contributed by atoms with Crippen LogP contribution in [-0.2, 0) is 4.79 Å². The lowest BCUT2D eigenvalue weighted by atomic mass is 10.2. The Balaban J connectivity index is 2.07. The highest BCUT2D eigenvalue weighted by molar-refractivity contribution is 14.1. The third-order valence-corrected chi connectivity index (χ3v) is 5.65. The topological polar surface area (TPSA) is 97.2 Å². The van der Waals surface area contributed by atoms with Crippen molar-refractivity contribution in [1.82, 2.24) is 5.43 Å². The molecule has 0 aliphatic carbocycles. The van der Waals surface area contributed by atoms with Gasteiger partial charge in [-0.2, -0.15) is 5.10 Å². The third kappa shape index (κ3) is 6.44. The summed E-state index contributed by atoms with van der Waals surface area (Å²) in [5.74, 6) is -0.270. The number of hydrazone groups is 1. The number of nitrogens with one attached hydrogen (secondary N) is 1. The summed E-state index contributed by atoms with van der Waals surface area (Å²) in [4.78, 5) is 22.8. The first kappa shape index (κ1) is 22.1. The van der Waals surface area contributed by atoms with Crippen LogP contribution in [0.15, 0.2) is 35.4 Å². The smallest absolute Gasteiger partial charge is 0.341 e. The molecule has 142 valence electrons. The molecule has 2 rings (SSSR count). The predicted molar refractivity (Wildman–Crippen MR) is 126 cm³/mol. The largest absolute Gasteiger partial charge is 0.496 e. The van der Waals surface area contributed by atoms with E-state index in [4.69, 9.17) is 14.6 Å². The molecular formula is C17H13I3N2O5. The number of benzene rings is 2. The second-order valence-corrected chi connectivity index (χ2v) is 8.53. The van der Waals surface area contributed by atoms with Crippen molar-refractivity contribution in [2.45, 2.75) is 0 Å². The maximum absolute atomic E-state index is 12.2. The molecule has 0 fully saturated rings. The molecule has 27 heavy (non-hydrogen) atoms. The van der Waals surface area contributed by atoms with Crippen molar-refractivity contribution in [1.29, 1.82) is 0 Å². The number of rotatable bonds is 7. The molecule has 0 bridgehead atoms. The van der Waals surface area contributed by atoms with Crippen molar-refractivity contribution < 1.29 is 24.2 Å². The number of carboxylic acids is 1. The van der Waals surface area contributed by atoms with E-state index in [9.17, 15) is 9.59 Å². The minimum absolute atomic E-state index is 0.355. The van der Waals surface area contributed by atoms with Crippen molar-refractivity contribution in [2.24, 2.45) is 5.10 Å². The van der Waals surface area contributed by atoms with E-state index in [1.807, 2.05) is 0 Å². The molecule has 0 heterocycles. The molecule has 2 aromatic carbocycles. The number of aliphatic carboxylic acids is 1. The van der Waals surface area contributed by atoms with E-state index in [0.717, 1.165) is 16.3 Å². The lowest BCUT2D eigenvalue weighted by Gasteiger charge is -2.09. The van der Waals surface area contributed by atoms with Crippen molar-refractivity contribution in [3.8, 4) is 11.5 Å². The van der Waals surface area contributed by atoms with Gasteiger partial charge in [-0.05, 0) is 104 Å². The molecule has 0 radical (unpaired) electrons. The normalized spacial score (nSPS) is 10.7. The van der Waals surface area contributed by atoms with Crippen molar-refractivity contribution in [2.75, 3.05) is 13.7 Å². The highest BCUT2D eigenvalue weighted by Crippen LogP contribution is 2.28. The molecule has 0 saturated carbocycles. The molecule has 0 unspecified atom stereocenters. The molecular weight excluding hydrogens is 693 g/mol. The van der Waals surface area contributed by atoms with Gasteiger partial charge in [0.15, 0.2) is 6.61 Å². The summed E-state index contributed by atoms with van der Waals surface area (Å²) in [6.45, 7) is -0.408. The summed E-state index contributed by atoms with van der Waals surface area (Å²) in [5, 5.41) is 12.7. The Kier molecular flexibility index (Phi) is 8.53. The monoisotopic (exact) mass is 706 g/mol. The predicted octanol–water partition coefficient (Wildman–Crippen LogP) is 3.74. The number of hydrogen-bond donors (Lipinski definition) is 2. The maximum atomic E-state index is 12.2. The van der Waals surface area contributed by atoms with Gasteiger partial charge >= 0.3 is 5.97 Å². The van der Waals surface area contributed by atoms with E-state index in [2.05, 4.69) is 78.3 Å². The minimum atomic E-state index is -1.04. The first-order valence-electron chi connectivity index (χ1n) is 7.32. The molecule has 7 nitrogen and oxygen atoms in total. The molecule has 10 heteroatoms. The maximum Gasteiger partial charge on any atom is 0.341 e. The number of carbonyl (C=O) groups excluding carboxylic acids is 1. The number of amides is 1. The summed E-state index contributed by atoms with van der Waals surface area (Å²) < 4.78 is 12.9. The van der Waals surface area contributed by atoms with Crippen LogP contribution in [0.1, 0.15) is 15.9 Å². The number of hydrogen-bond acceptors (Lipinski definition) is 5. The average Bonchev–Trinajstić information content (AvgIpc) is 2.61. The summed E-state index contributed by atoms with van der Waals surface area (Å²) in [6.07, 6.45) is 1.51. The first-order chi connectivity index (χ1) is 12.8. The van der Waals surface area contributed by atoms with Crippen molar-refractivity contribution >= 4 is 85.9 Å². The van der Waals surface area contributed by atoms with E-state index in [1.54, 1.807) is 37.4 Å². The highest BCUT2D eigenvalue weighted by atomic mass is 127. The van der Waals surface area contributed by atoms with Crippen LogP contribution < -0.4 is 14.9 Å². The third-order valence-electron chi connectivity index (χ3n) is 3.15. The van der Waals surface area contributed by atoms with Gasteiger partial charge < -0.3 is 14.6 Å². The van der Waals surface area contributed by atoms with Crippen molar-refractivity contribution in [3.63, 3.8) is 0 Å². The molecule has 0 aliphatic heterocycles. The minimum Gasteiger partial charge on any atom is -0.496 e. The Labute approximate surface area is 196 Å². The van der Waals surface area contributed by atoms with Crippen LogP contribution in [0.4, 0.5) is 0 Å². The lowest BCUT2D eigenvalue weighted by molar-refractivity contribution is -0.139. The molecule has 2 N–H and O–H groups in total. The van der Waals surface area contributed by atoms with Gasteiger partial charge in [0.05, 0.1) is 24.0 Å². The molecule has 0 atom stereocenters. The fourth-order valence-electron chi connectivity index (χ4n) is 1.96. The van der Waals surface area contributed by atoms with Gasteiger partial charge in [-0.3, -0.25) is 4.79 Å². The Hall–Kier alpha value is -1.16. The van der Waals surface area contributed by atoms with E-state index in [0.29, 0.717) is 17.1 Å². The Morgan fingerprint density at radius 3 is 2.41 bits per heavy atom. The number of halogens is 3. The number of carboxylic acid groups (broad SMARTS) is 1. The zero-order chi connectivity index (χ0) is 20.0. The van der Waals surface area contributed by atoms with E-state index >= 15 is 0 Å². The molecule has 0 spiro atoms. The van der Waals surface area contributed by atoms with Gasteiger partial charge in [0.25, 0.3) is 5.91 Å². The Morgan fingerprint density at radius 2 is 1.81 bits per heavy atom. The molecule has 1 amide bonds. The van der Waals surface area contributed by atoms with Crippen LogP contribution in [-0.4, -0.2) is 36.9 Å². The van der Waals surface area contributed by atoms with Crippen LogP contribution in [0.25, 0.3) is 0 Å². The van der Waals surface area contributed by atoms with E-state index in [-0.39, 0.29) is 5.91 Å². The fourth-order valence-corrected chi connectivity index (χ4v) is 4.64. The first-order valence-corrected chi connectivity index (χ1v) is 10.6. The Bertz CT molecular complexity index is 879. The zero-order valence-electron chi connectivity index (χ0n) is 13.8. The average molecular weight is 706 g/mol. The SMILES string of the molecule is COc1cc(C(=O)N/N=C\c2cc(I)c(OCC(=O)O)c(I)c2)ccc1I. The second kappa shape index (κ2) is 10.4. The van der Waals surface area contributed by atoms with Gasteiger partial charge in [-0.15, -0.1) is 0 Å². The molecule has 2 aromatic rings. The zero-order valence-corrected chi connectivity index (χ0v) is 20.3. The number of ether oxygens (including phenoxy) is 2. The molecule has 0 aromatic heterocycles. The standard InChI is InChI=1S/C17H13I3N2O5/c1-26-14-6-10(2-3-11(14)18)17(25)22-21-7-9-4-12(19)16(13(20)5-9)27-8-15(23)24/h2-7H,8H2,1H3,(H,22,25)(H,23,24)/b21-7-. The van der Waals surface area contributed by atoms with Gasteiger partial charge in [0.2, 0.25) is 0 Å². The highest BCUT2D eigenvalue weighted by Gasteiger charge is 2.11. The van der Waals surface area contributed by atoms with Gasteiger partial charge in [-0.1, -0.05) is 0 Å². The van der Waals surface area contributed by atoms with Gasteiger partial charge in [-0.25, -0.2) is 10.2 Å². The number of carbonyl (C=O) groups is 2. The van der Waals surface area contributed by atoms with Crippen LogP contribution in [0.5, 0.6) is 11.5 Å². The summed E-state index contributed by atoms with van der Waals surface area (Å²) in [6, 6.07) is 8.69.